The van der Waals surface area contributed by atoms with Gasteiger partial charge < -0.3 is 5.11 Å². The van der Waals surface area contributed by atoms with Crippen molar-refractivity contribution in [2.75, 3.05) is 0 Å². The van der Waals surface area contributed by atoms with E-state index >= 15 is 0 Å². The molecule has 1 atom stereocenters. The van der Waals surface area contributed by atoms with Gasteiger partial charge in [0.15, 0.2) is 0 Å². The lowest BCUT2D eigenvalue weighted by molar-refractivity contribution is -0.128. The quantitative estimate of drug-likeness (QED) is 0.880. The largest absolute Gasteiger partial charge is 0.388 e. The number of halogens is 1. The number of benzene rings is 1. The van der Waals surface area contributed by atoms with Crippen LogP contribution in [0, 0.1) is 5.41 Å². The highest BCUT2D eigenvalue weighted by atomic mass is 35.5. The van der Waals surface area contributed by atoms with Crippen LogP contribution >= 0.6 is 11.6 Å². The highest BCUT2D eigenvalue weighted by molar-refractivity contribution is 6.30. The van der Waals surface area contributed by atoms with Gasteiger partial charge in [-0.15, -0.1) is 0 Å². The van der Waals surface area contributed by atoms with Crippen LogP contribution in [0.5, 0.6) is 0 Å². The second kappa shape index (κ2) is 4.98. The van der Waals surface area contributed by atoms with E-state index in [0.29, 0.717) is 5.02 Å². The Bertz CT molecular complexity index is 363. The zero-order valence-corrected chi connectivity index (χ0v) is 10.6. The lowest BCUT2D eigenvalue weighted by atomic mass is 9.86. The van der Waals surface area contributed by atoms with Crippen molar-refractivity contribution in [2.45, 2.75) is 33.3 Å². The van der Waals surface area contributed by atoms with Crippen molar-refractivity contribution in [3.63, 3.8) is 0 Å². The van der Waals surface area contributed by atoms with E-state index < -0.39 is 11.5 Å². The van der Waals surface area contributed by atoms with Gasteiger partial charge >= 0.3 is 0 Å². The molecule has 16 heavy (non-hydrogen) atoms. The number of aliphatic hydroxyl groups is 1. The molecule has 0 saturated carbocycles. The number of hydrogen-bond acceptors (Lipinski definition) is 2. The molecule has 1 aromatic rings. The zero-order chi connectivity index (χ0) is 12.3. The van der Waals surface area contributed by atoms with Crippen LogP contribution in [0.2, 0.25) is 5.02 Å². The smallest absolute Gasteiger partial charge is 0.141 e. The van der Waals surface area contributed by atoms with Crippen molar-refractivity contribution in [3.05, 3.63) is 34.9 Å². The van der Waals surface area contributed by atoms with E-state index in [1.54, 1.807) is 24.3 Å². The summed E-state index contributed by atoms with van der Waals surface area (Å²) in [6.07, 6.45) is -0.602. The van der Waals surface area contributed by atoms with E-state index in [1.165, 1.54) is 0 Å². The Hall–Kier alpha value is -0.860. The predicted octanol–water partition coefficient (Wildman–Crippen LogP) is 3.38. The van der Waals surface area contributed by atoms with Gasteiger partial charge in [-0.05, 0) is 17.7 Å². The second-order valence-corrected chi connectivity index (χ2v) is 5.38. The first-order valence-corrected chi connectivity index (χ1v) is 5.65. The van der Waals surface area contributed by atoms with Crippen LogP contribution in [0.4, 0.5) is 0 Å². The molecule has 0 aliphatic heterocycles. The first kappa shape index (κ1) is 13.2. The van der Waals surface area contributed by atoms with Gasteiger partial charge in [0.05, 0.1) is 6.10 Å². The summed E-state index contributed by atoms with van der Waals surface area (Å²) in [5, 5.41) is 10.5. The molecule has 0 aromatic heterocycles. The van der Waals surface area contributed by atoms with Gasteiger partial charge in [0.2, 0.25) is 0 Å². The van der Waals surface area contributed by atoms with Crippen molar-refractivity contribution in [1.82, 2.24) is 0 Å². The number of Topliss-reactive ketones (excluding diaryl/α,β-unsaturated/α-hetero) is 1. The van der Waals surface area contributed by atoms with E-state index in [2.05, 4.69) is 0 Å². The highest BCUT2D eigenvalue weighted by Gasteiger charge is 2.24. The monoisotopic (exact) mass is 240 g/mol. The molecule has 1 rings (SSSR count). The summed E-state index contributed by atoms with van der Waals surface area (Å²) in [6.45, 7) is 5.55. The Labute approximate surface area is 101 Å². The average molecular weight is 241 g/mol. The van der Waals surface area contributed by atoms with Crippen molar-refractivity contribution >= 4 is 17.4 Å². The van der Waals surface area contributed by atoms with Gasteiger partial charge in [0.1, 0.15) is 5.78 Å². The molecular weight excluding hydrogens is 224 g/mol. The SMILES string of the molecule is CC(C)(C)C(=O)CC(O)c1ccc(Cl)cc1. The standard InChI is InChI=1S/C13H17ClO2/c1-13(2,3)12(16)8-11(15)9-4-6-10(14)7-5-9/h4-7,11,15H,8H2,1-3H3. The number of hydrogen-bond donors (Lipinski definition) is 1. The fraction of sp³-hybridized carbons (Fsp3) is 0.462. The van der Waals surface area contributed by atoms with E-state index in [9.17, 15) is 9.90 Å². The first-order valence-electron chi connectivity index (χ1n) is 5.27. The molecule has 0 amide bonds. The highest BCUT2D eigenvalue weighted by Crippen LogP contribution is 2.24. The van der Waals surface area contributed by atoms with E-state index in [4.69, 9.17) is 11.6 Å². The average Bonchev–Trinajstić information content (AvgIpc) is 2.17. The van der Waals surface area contributed by atoms with Crippen LogP contribution in [0.1, 0.15) is 38.9 Å². The van der Waals surface area contributed by atoms with Crippen molar-refractivity contribution in [2.24, 2.45) is 5.41 Å². The summed E-state index contributed by atoms with van der Waals surface area (Å²) >= 11 is 5.75. The van der Waals surface area contributed by atoms with Gasteiger partial charge in [-0.2, -0.15) is 0 Å². The minimum absolute atomic E-state index is 0.0509. The Morgan fingerprint density at radius 1 is 1.31 bits per heavy atom. The third-order valence-electron chi connectivity index (χ3n) is 2.47. The molecule has 0 saturated heterocycles. The fourth-order valence-corrected chi connectivity index (χ4v) is 1.41. The van der Waals surface area contributed by atoms with Crippen LogP contribution in [0.3, 0.4) is 0 Å². The summed E-state index contributed by atoms with van der Waals surface area (Å²) in [5.41, 5.74) is 0.315. The lowest BCUT2D eigenvalue weighted by Gasteiger charge is -2.19. The number of ketones is 1. The molecule has 2 nitrogen and oxygen atoms in total. The first-order chi connectivity index (χ1) is 7.30. The summed E-state index contributed by atoms with van der Waals surface area (Å²) in [6, 6.07) is 6.90. The van der Waals surface area contributed by atoms with Crippen LogP contribution in [0.25, 0.3) is 0 Å². The summed E-state index contributed by atoms with van der Waals surface area (Å²) < 4.78 is 0. The molecule has 0 spiro atoms. The van der Waals surface area contributed by atoms with Crippen molar-refractivity contribution < 1.29 is 9.90 Å². The molecule has 0 radical (unpaired) electrons. The van der Waals surface area contributed by atoms with Gasteiger partial charge in [0.25, 0.3) is 0 Å². The summed E-state index contributed by atoms with van der Waals surface area (Å²) in [4.78, 5) is 11.7. The molecule has 1 unspecified atom stereocenters. The number of aliphatic hydroxyl groups excluding tert-OH is 1. The van der Waals surface area contributed by atoms with Crippen LogP contribution in [0.15, 0.2) is 24.3 Å². The molecule has 0 aliphatic carbocycles. The van der Waals surface area contributed by atoms with Gasteiger partial charge in [-0.25, -0.2) is 0 Å². The minimum Gasteiger partial charge on any atom is -0.388 e. The van der Waals surface area contributed by atoms with Crippen LogP contribution < -0.4 is 0 Å². The third-order valence-corrected chi connectivity index (χ3v) is 2.72. The molecule has 1 aromatic carbocycles. The van der Waals surface area contributed by atoms with Gasteiger partial charge in [0, 0.05) is 16.9 Å². The third kappa shape index (κ3) is 3.62. The second-order valence-electron chi connectivity index (χ2n) is 4.94. The van der Waals surface area contributed by atoms with E-state index in [-0.39, 0.29) is 12.2 Å². The van der Waals surface area contributed by atoms with Crippen LogP contribution in [-0.2, 0) is 4.79 Å². The predicted molar refractivity (Wildman–Crippen MR) is 65.5 cm³/mol. The molecule has 0 heterocycles. The maximum absolute atomic E-state index is 11.7. The van der Waals surface area contributed by atoms with Crippen molar-refractivity contribution in [1.29, 1.82) is 0 Å². The van der Waals surface area contributed by atoms with Gasteiger partial charge in [-0.3, -0.25) is 4.79 Å². The maximum atomic E-state index is 11.7. The minimum atomic E-state index is -0.746. The summed E-state index contributed by atoms with van der Waals surface area (Å²) in [7, 11) is 0. The Balaban J connectivity index is 2.69. The Kier molecular flexibility index (Phi) is 4.11. The van der Waals surface area contributed by atoms with Crippen molar-refractivity contribution in [3.8, 4) is 0 Å². The molecule has 0 aliphatic rings. The summed E-state index contributed by atoms with van der Waals surface area (Å²) in [5.74, 6) is 0.0509. The molecule has 0 fully saturated rings. The zero-order valence-electron chi connectivity index (χ0n) is 9.83. The van der Waals surface area contributed by atoms with Gasteiger partial charge in [-0.1, -0.05) is 44.5 Å². The molecule has 88 valence electrons. The molecule has 1 N–H and O–H groups in total. The number of carbonyl (C=O) groups is 1. The van der Waals surface area contributed by atoms with Crippen LogP contribution in [-0.4, -0.2) is 10.9 Å². The molecule has 3 heteroatoms. The maximum Gasteiger partial charge on any atom is 0.141 e. The molecular formula is C13H17ClO2. The Morgan fingerprint density at radius 3 is 2.25 bits per heavy atom. The molecule has 0 bridgehead atoms. The lowest BCUT2D eigenvalue weighted by Crippen LogP contribution is -2.22. The Morgan fingerprint density at radius 2 is 1.81 bits per heavy atom. The number of carbonyl (C=O) groups excluding carboxylic acids is 1. The fourth-order valence-electron chi connectivity index (χ4n) is 1.28. The van der Waals surface area contributed by atoms with E-state index in [1.807, 2.05) is 20.8 Å². The normalized spacial score (nSPS) is 13.6. The topological polar surface area (TPSA) is 37.3 Å². The number of rotatable bonds is 3. The van der Waals surface area contributed by atoms with E-state index in [0.717, 1.165) is 5.56 Å².